The first-order valence-corrected chi connectivity index (χ1v) is 7.32. The zero-order valence-electron chi connectivity index (χ0n) is 12.1. The molecule has 9 heteroatoms. The number of aromatic nitrogens is 3. The number of hydrogen-bond donors (Lipinski definition) is 0. The van der Waals surface area contributed by atoms with Crippen LogP contribution in [0.2, 0.25) is 0 Å². The average molecular weight is 322 g/mol. The van der Waals surface area contributed by atoms with Crippen LogP contribution in [-0.4, -0.2) is 32.3 Å². The van der Waals surface area contributed by atoms with E-state index in [0.29, 0.717) is 16.5 Å². The minimum Gasteiger partial charge on any atom is -0.462 e. The summed E-state index contributed by atoms with van der Waals surface area (Å²) in [7, 11) is 1.74. The fourth-order valence-electron chi connectivity index (χ4n) is 1.61. The van der Waals surface area contributed by atoms with Crippen molar-refractivity contribution in [2.24, 2.45) is 7.05 Å². The highest BCUT2D eigenvalue weighted by atomic mass is 32.2. The maximum Gasteiger partial charge on any atom is 0.338 e. The lowest BCUT2D eigenvalue weighted by Crippen LogP contribution is -2.06. The van der Waals surface area contributed by atoms with E-state index in [-0.39, 0.29) is 17.9 Å². The molecule has 8 nitrogen and oxygen atoms in total. The van der Waals surface area contributed by atoms with Crippen molar-refractivity contribution in [1.82, 2.24) is 14.8 Å². The number of hydrogen-bond acceptors (Lipinski definition) is 7. The Morgan fingerprint density at radius 1 is 1.50 bits per heavy atom. The Bertz CT molecular complexity index is 701. The topological polar surface area (TPSA) is 100 Å². The molecule has 0 saturated carbocycles. The molecule has 0 amide bonds. The Hall–Kier alpha value is -2.42. The molecule has 0 saturated heterocycles. The quantitative estimate of drug-likeness (QED) is 0.457. The molecule has 1 heterocycles. The van der Waals surface area contributed by atoms with E-state index in [0.717, 1.165) is 11.8 Å². The van der Waals surface area contributed by atoms with Gasteiger partial charge in [0.2, 0.25) is 0 Å². The molecule has 0 aliphatic carbocycles. The zero-order valence-corrected chi connectivity index (χ0v) is 12.9. The van der Waals surface area contributed by atoms with Crippen molar-refractivity contribution in [3.8, 4) is 0 Å². The van der Waals surface area contributed by atoms with Crippen molar-refractivity contribution >= 4 is 23.4 Å². The first kappa shape index (κ1) is 16.0. The second-order valence-corrected chi connectivity index (χ2v) is 5.41. The standard InChI is InChI=1S/C13H14N4O4S/c1-3-6-21-12(18)9-4-5-11(10(7-9)17(19)20)22-13-15-14-8-16(13)2/h4-5,7-8H,3,6H2,1-2H3. The maximum absolute atomic E-state index is 11.8. The SMILES string of the molecule is CCCOC(=O)c1ccc(Sc2nncn2C)c([N+](=O)[O-])c1. The average Bonchev–Trinajstić information content (AvgIpc) is 2.90. The number of esters is 1. The molecule has 0 N–H and O–H groups in total. The number of carbonyl (C=O) groups excluding carboxylic acids is 1. The molecular formula is C13H14N4O4S. The van der Waals surface area contributed by atoms with E-state index in [1.165, 1.54) is 24.5 Å². The molecule has 2 aromatic rings. The lowest BCUT2D eigenvalue weighted by atomic mass is 10.2. The van der Waals surface area contributed by atoms with Crippen molar-refractivity contribution in [3.05, 3.63) is 40.2 Å². The highest BCUT2D eigenvalue weighted by molar-refractivity contribution is 7.99. The number of carbonyl (C=O) groups is 1. The number of benzene rings is 1. The van der Waals surface area contributed by atoms with Gasteiger partial charge >= 0.3 is 5.97 Å². The summed E-state index contributed by atoms with van der Waals surface area (Å²) in [6, 6.07) is 4.24. The van der Waals surface area contributed by atoms with Crippen molar-refractivity contribution in [3.63, 3.8) is 0 Å². The fraction of sp³-hybridized carbons (Fsp3) is 0.308. The molecule has 0 aliphatic heterocycles. The van der Waals surface area contributed by atoms with Gasteiger partial charge in [-0.1, -0.05) is 6.92 Å². The van der Waals surface area contributed by atoms with E-state index < -0.39 is 10.9 Å². The summed E-state index contributed by atoms with van der Waals surface area (Å²) < 4.78 is 6.63. The third-order valence-corrected chi connectivity index (χ3v) is 3.82. The van der Waals surface area contributed by atoms with E-state index in [2.05, 4.69) is 10.2 Å². The third-order valence-electron chi connectivity index (χ3n) is 2.70. The molecule has 0 unspecified atom stereocenters. The minimum atomic E-state index is -0.569. The summed E-state index contributed by atoms with van der Waals surface area (Å²) in [5, 5.41) is 19.3. The van der Waals surface area contributed by atoms with E-state index in [9.17, 15) is 14.9 Å². The number of aryl methyl sites for hydroxylation is 1. The van der Waals surface area contributed by atoms with Crippen molar-refractivity contribution in [1.29, 1.82) is 0 Å². The Morgan fingerprint density at radius 3 is 2.86 bits per heavy atom. The van der Waals surface area contributed by atoms with Crippen LogP contribution >= 0.6 is 11.8 Å². The van der Waals surface area contributed by atoms with Crippen LogP contribution in [-0.2, 0) is 11.8 Å². The molecule has 0 fully saturated rings. The second-order valence-electron chi connectivity index (χ2n) is 4.40. The van der Waals surface area contributed by atoms with Gasteiger partial charge in [-0.05, 0) is 30.3 Å². The largest absolute Gasteiger partial charge is 0.462 e. The van der Waals surface area contributed by atoms with Gasteiger partial charge in [-0.3, -0.25) is 10.1 Å². The molecule has 0 bridgehead atoms. The Morgan fingerprint density at radius 2 is 2.27 bits per heavy atom. The number of nitro groups is 1. The molecule has 1 aromatic heterocycles. The lowest BCUT2D eigenvalue weighted by molar-refractivity contribution is -0.387. The van der Waals surface area contributed by atoms with Gasteiger partial charge < -0.3 is 9.30 Å². The molecule has 0 spiro atoms. The van der Waals surface area contributed by atoms with Gasteiger partial charge in [-0.25, -0.2) is 4.79 Å². The number of rotatable bonds is 6. The molecule has 116 valence electrons. The monoisotopic (exact) mass is 322 g/mol. The summed E-state index contributed by atoms with van der Waals surface area (Å²) in [6.45, 7) is 2.15. The first-order chi connectivity index (χ1) is 10.5. The molecule has 2 rings (SSSR count). The summed E-state index contributed by atoms with van der Waals surface area (Å²) >= 11 is 1.11. The summed E-state index contributed by atoms with van der Waals surface area (Å²) in [5.74, 6) is -0.569. The van der Waals surface area contributed by atoms with E-state index in [1.807, 2.05) is 6.92 Å². The smallest absolute Gasteiger partial charge is 0.338 e. The Kier molecular flexibility index (Phi) is 5.10. The first-order valence-electron chi connectivity index (χ1n) is 6.50. The van der Waals surface area contributed by atoms with Gasteiger partial charge in [-0.15, -0.1) is 10.2 Å². The maximum atomic E-state index is 11.8. The van der Waals surface area contributed by atoms with Gasteiger partial charge in [0.05, 0.1) is 22.0 Å². The third kappa shape index (κ3) is 3.61. The number of ether oxygens (including phenoxy) is 1. The van der Waals surface area contributed by atoms with E-state index >= 15 is 0 Å². The number of nitrogens with zero attached hydrogens (tertiary/aromatic N) is 4. The molecule has 0 atom stereocenters. The Balaban J connectivity index is 2.30. The zero-order chi connectivity index (χ0) is 16.1. The van der Waals surface area contributed by atoms with E-state index in [4.69, 9.17) is 4.74 Å². The highest BCUT2D eigenvalue weighted by Gasteiger charge is 2.20. The summed E-state index contributed by atoms with van der Waals surface area (Å²) in [5.41, 5.74) is -0.0126. The van der Waals surface area contributed by atoms with Crippen LogP contribution in [0.5, 0.6) is 0 Å². The van der Waals surface area contributed by atoms with Gasteiger partial charge in [0, 0.05) is 13.1 Å². The van der Waals surface area contributed by atoms with Crippen LogP contribution in [0.1, 0.15) is 23.7 Å². The lowest BCUT2D eigenvalue weighted by Gasteiger charge is -2.06. The van der Waals surface area contributed by atoms with Crippen molar-refractivity contribution in [2.45, 2.75) is 23.4 Å². The predicted molar refractivity (Wildman–Crippen MR) is 78.8 cm³/mol. The van der Waals surface area contributed by atoms with Crippen LogP contribution in [0, 0.1) is 10.1 Å². The fourth-order valence-corrected chi connectivity index (χ4v) is 2.46. The number of nitro benzene ring substituents is 1. The summed E-state index contributed by atoms with van der Waals surface area (Å²) in [6.07, 6.45) is 2.19. The summed E-state index contributed by atoms with van der Waals surface area (Å²) in [4.78, 5) is 22.9. The van der Waals surface area contributed by atoms with Crippen LogP contribution in [0.3, 0.4) is 0 Å². The highest BCUT2D eigenvalue weighted by Crippen LogP contribution is 2.34. The molecule has 0 aliphatic rings. The molecule has 0 radical (unpaired) electrons. The van der Waals surface area contributed by atoms with Crippen LogP contribution in [0.25, 0.3) is 0 Å². The predicted octanol–water partition coefficient (Wildman–Crippen LogP) is 2.44. The molecule has 1 aromatic carbocycles. The van der Waals surface area contributed by atoms with E-state index in [1.54, 1.807) is 11.6 Å². The van der Waals surface area contributed by atoms with Crippen LogP contribution < -0.4 is 0 Å². The van der Waals surface area contributed by atoms with Gasteiger partial charge in [0.25, 0.3) is 5.69 Å². The van der Waals surface area contributed by atoms with Crippen molar-refractivity contribution < 1.29 is 14.5 Å². The van der Waals surface area contributed by atoms with Crippen LogP contribution in [0.15, 0.2) is 34.6 Å². The normalized spacial score (nSPS) is 10.5. The molecular weight excluding hydrogens is 308 g/mol. The minimum absolute atomic E-state index is 0.155. The van der Waals surface area contributed by atoms with Gasteiger partial charge in [0.1, 0.15) is 6.33 Å². The van der Waals surface area contributed by atoms with Gasteiger partial charge in [0.15, 0.2) is 5.16 Å². The Labute approximate surface area is 130 Å². The second kappa shape index (κ2) is 7.03. The van der Waals surface area contributed by atoms with Crippen LogP contribution in [0.4, 0.5) is 5.69 Å². The molecule has 22 heavy (non-hydrogen) atoms. The van der Waals surface area contributed by atoms with Crippen molar-refractivity contribution in [2.75, 3.05) is 6.61 Å². The van der Waals surface area contributed by atoms with Gasteiger partial charge in [-0.2, -0.15) is 0 Å².